The number of anilines is 1. The Morgan fingerprint density at radius 3 is 2.47 bits per heavy atom. The van der Waals surface area contributed by atoms with Crippen molar-refractivity contribution in [1.29, 1.82) is 0 Å². The van der Waals surface area contributed by atoms with Crippen LogP contribution in [0.4, 0.5) is 5.69 Å². The monoisotopic (exact) mass is 266 g/mol. The molecule has 0 amide bonds. The first kappa shape index (κ1) is 10.1. The first-order valence-corrected chi connectivity index (χ1v) is 5.39. The third kappa shape index (κ3) is 2.76. The molecule has 0 bridgehead atoms. The third-order valence-electron chi connectivity index (χ3n) is 2.06. The van der Waals surface area contributed by atoms with Gasteiger partial charge in [0.1, 0.15) is 5.75 Å². The molecule has 0 fully saturated rings. The van der Waals surface area contributed by atoms with E-state index in [1.807, 2.05) is 24.3 Å². The highest BCUT2D eigenvalue weighted by Crippen LogP contribution is 2.15. The minimum absolute atomic E-state index is 0.281. The normalized spacial score (nSPS) is 10.2. The molecule has 0 saturated carbocycles. The van der Waals surface area contributed by atoms with E-state index in [0.717, 1.165) is 22.5 Å². The van der Waals surface area contributed by atoms with Gasteiger partial charge in [-0.3, -0.25) is 0 Å². The van der Waals surface area contributed by atoms with Crippen molar-refractivity contribution in [3.05, 3.63) is 46.7 Å². The summed E-state index contributed by atoms with van der Waals surface area (Å²) < 4.78 is 0.977. The van der Waals surface area contributed by atoms with Gasteiger partial charge in [0, 0.05) is 11.4 Å². The number of aromatic nitrogens is 1. The van der Waals surface area contributed by atoms with E-state index in [9.17, 15) is 0 Å². The van der Waals surface area contributed by atoms with Gasteiger partial charge in [0.15, 0.2) is 0 Å². The minimum Gasteiger partial charge on any atom is -0.508 e. The number of halogens is 1. The molecule has 0 spiro atoms. The average molecular weight is 267 g/mol. The number of aromatic amines is 1. The van der Waals surface area contributed by atoms with Crippen molar-refractivity contribution in [3.63, 3.8) is 0 Å². The summed E-state index contributed by atoms with van der Waals surface area (Å²) in [5.41, 5.74) is 2.09. The van der Waals surface area contributed by atoms with Crippen LogP contribution in [0.5, 0.6) is 5.75 Å². The molecule has 0 aliphatic heterocycles. The van der Waals surface area contributed by atoms with Gasteiger partial charge in [-0.05, 0) is 52.3 Å². The summed E-state index contributed by atoms with van der Waals surface area (Å²) in [6.45, 7) is 0.733. The molecule has 1 aromatic carbocycles. The van der Waals surface area contributed by atoms with E-state index >= 15 is 0 Å². The second-order valence-corrected chi connectivity index (χ2v) is 4.09. The van der Waals surface area contributed by atoms with Gasteiger partial charge in [0.2, 0.25) is 0 Å². The van der Waals surface area contributed by atoms with Gasteiger partial charge >= 0.3 is 0 Å². The molecule has 4 heteroatoms. The number of aromatic hydroxyl groups is 1. The van der Waals surface area contributed by atoms with Gasteiger partial charge in [0.25, 0.3) is 0 Å². The van der Waals surface area contributed by atoms with Crippen LogP contribution in [0.3, 0.4) is 0 Å². The van der Waals surface area contributed by atoms with E-state index < -0.39 is 0 Å². The highest BCUT2D eigenvalue weighted by molar-refractivity contribution is 9.10. The van der Waals surface area contributed by atoms with Crippen molar-refractivity contribution >= 4 is 21.6 Å². The number of hydrogen-bond donors (Lipinski definition) is 3. The van der Waals surface area contributed by atoms with Crippen LogP contribution in [-0.4, -0.2) is 10.1 Å². The van der Waals surface area contributed by atoms with Crippen LogP contribution < -0.4 is 5.32 Å². The Morgan fingerprint density at radius 2 is 1.87 bits per heavy atom. The SMILES string of the molecule is Oc1ccc(NCc2ccc(Br)[nH]2)cc1. The Balaban J connectivity index is 1.96. The first-order chi connectivity index (χ1) is 7.24. The van der Waals surface area contributed by atoms with E-state index in [1.54, 1.807) is 12.1 Å². The fourth-order valence-corrected chi connectivity index (χ4v) is 1.68. The summed E-state index contributed by atoms with van der Waals surface area (Å²) >= 11 is 3.35. The van der Waals surface area contributed by atoms with Gasteiger partial charge in [-0.1, -0.05) is 0 Å². The van der Waals surface area contributed by atoms with Crippen LogP contribution in [0.2, 0.25) is 0 Å². The third-order valence-corrected chi connectivity index (χ3v) is 2.52. The second-order valence-electron chi connectivity index (χ2n) is 3.23. The molecular formula is C11H11BrN2O. The van der Waals surface area contributed by atoms with Crippen LogP contribution in [0.15, 0.2) is 41.0 Å². The standard InChI is InChI=1S/C11H11BrN2O/c12-11-6-3-9(14-11)7-13-8-1-4-10(15)5-2-8/h1-6,13-15H,7H2. The number of nitrogens with one attached hydrogen (secondary N) is 2. The molecular weight excluding hydrogens is 256 g/mol. The molecule has 3 N–H and O–H groups in total. The lowest BCUT2D eigenvalue weighted by atomic mass is 10.3. The quantitative estimate of drug-likeness (QED) is 0.748. The highest BCUT2D eigenvalue weighted by atomic mass is 79.9. The number of hydrogen-bond acceptors (Lipinski definition) is 2. The zero-order valence-electron chi connectivity index (χ0n) is 8.00. The number of phenols is 1. The number of H-pyrrole nitrogens is 1. The van der Waals surface area contributed by atoms with E-state index in [2.05, 4.69) is 26.2 Å². The van der Waals surface area contributed by atoms with Gasteiger partial charge in [0.05, 0.1) is 11.1 Å². The van der Waals surface area contributed by atoms with Crippen molar-refractivity contribution in [3.8, 4) is 5.75 Å². The molecule has 2 rings (SSSR count). The first-order valence-electron chi connectivity index (χ1n) is 4.60. The Labute approximate surface area is 96.3 Å². The Hall–Kier alpha value is -1.42. The Bertz CT molecular complexity index is 436. The zero-order chi connectivity index (χ0) is 10.7. The second kappa shape index (κ2) is 4.40. The molecule has 0 unspecified atom stereocenters. The predicted octanol–water partition coefficient (Wildman–Crippen LogP) is 3.09. The van der Waals surface area contributed by atoms with Gasteiger partial charge in [-0.15, -0.1) is 0 Å². The molecule has 15 heavy (non-hydrogen) atoms. The van der Waals surface area contributed by atoms with E-state index in [4.69, 9.17) is 5.11 Å². The van der Waals surface area contributed by atoms with Crippen LogP contribution in [0, 0.1) is 0 Å². The Kier molecular flexibility index (Phi) is 2.97. The van der Waals surface area contributed by atoms with Crippen LogP contribution in [0.1, 0.15) is 5.69 Å². The maximum Gasteiger partial charge on any atom is 0.115 e. The average Bonchev–Trinajstić information content (AvgIpc) is 2.64. The summed E-state index contributed by atoms with van der Waals surface area (Å²) in [7, 11) is 0. The summed E-state index contributed by atoms with van der Waals surface area (Å²) in [6.07, 6.45) is 0. The molecule has 2 aromatic rings. The van der Waals surface area contributed by atoms with Gasteiger partial charge in [-0.2, -0.15) is 0 Å². The van der Waals surface area contributed by atoms with Crippen LogP contribution in [0.25, 0.3) is 0 Å². The van der Waals surface area contributed by atoms with Crippen molar-refractivity contribution in [2.45, 2.75) is 6.54 Å². The van der Waals surface area contributed by atoms with E-state index in [1.165, 1.54) is 0 Å². The molecule has 0 aliphatic carbocycles. The fraction of sp³-hybridized carbons (Fsp3) is 0.0909. The zero-order valence-corrected chi connectivity index (χ0v) is 9.58. The van der Waals surface area contributed by atoms with Gasteiger partial charge < -0.3 is 15.4 Å². The number of rotatable bonds is 3. The summed E-state index contributed by atoms with van der Waals surface area (Å²) in [6, 6.07) is 11.0. The smallest absolute Gasteiger partial charge is 0.115 e. The molecule has 1 heterocycles. The maximum absolute atomic E-state index is 9.11. The van der Waals surface area contributed by atoms with Crippen LogP contribution >= 0.6 is 15.9 Å². The predicted molar refractivity (Wildman–Crippen MR) is 63.9 cm³/mol. The summed E-state index contributed by atoms with van der Waals surface area (Å²) in [4.78, 5) is 3.16. The lowest BCUT2D eigenvalue weighted by Gasteiger charge is -2.04. The molecule has 3 nitrogen and oxygen atoms in total. The molecule has 0 saturated heterocycles. The summed E-state index contributed by atoms with van der Waals surface area (Å²) in [5.74, 6) is 0.281. The minimum atomic E-state index is 0.281. The lowest BCUT2D eigenvalue weighted by molar-refractivity contribution is 0.475. The number of phenolic OH excluding ortho intramolecular Hbond substituents is 1. The van der Waals surface area contributed by atoms with Crippen LogP contribution in [-0.2, 0) is 6.54 Å². The highest BCUT2D eigenvalue weighted by Gasteiger charge is 1.96. The molecule has 0 atom stereocenters. The number of benzene rings is 1. The van der Waals surface area contributed by atoms with Crippen molar-refractivity contribution in [2.75, 3.05) is 5.32 Å². The lowest BCUT2D eigenvalue weighted by Crippen LogP contribution is -1.98. The van der Waals surface area contributed by atoms with E-state index in [-0.39, 0.29) is 5.75 Å². The maximum atomic E-state index is 9.11. The van der Waals surface area contributed by atoms with Gasteiger partial charge in [-0.25, -0.2) is 0 Å². The topological polar surface area (TPSA) is 48.0 Å². The Morgan fingerprint density at radius 1 is 1.13 bits per heavy atom. The summed E-state index contributed by atoms with van der Waals surface area (Å²) in [5, 5.41) is 12.3. The largest absolute Gasteiger partial charge is 0.508 e. The van der Waals surface area contributed by atoms with Crippen molar-refractivity contribution in [1.82, 2.24) is 4.98 Å². The molecule has 1 aromatic heterocycles. The molecule has 0 aliphatic rings. The fourth-order valence-electron chi connectivity index (χ4n) is 1.29. The molecule has 78 valence electrons. The van der Waals surface area contributed by atoms with E-state index in [0.29, 0.717) is 0 Å². The van der Waals surface area contributed by atoms with Crippen molar-refractivity contribution in [2.24, 2.45) is 0 Å². The molecule has 0 radical (unpaired) electrons. The van der Waals surface area contributed by atoms with Crippen molar-refractivity contribution < 1.29 is 5.11 Å².